The lowest BCUT2D eigenvalue weighted by Gasteiger charge is -2.41. The van der Waals surface area contributed by atoms with Gasteiger partial charge >= 0.3 is 0 Å². The number of benzene rings is 1. The van der Waals surface area contributed by atoms with Gasteiger partial charge in [-0.3, -0.25) is 9.48 Å². The van der Waals surface area contributed by atoms with Crippen molar-refractivity contribution in [2.75, 3.05) is 6.54 Å². The van der Waals surface area contributed by atoms with Gasteiger partial charge < -0.3 is 10.4 Å². The van der Waals surface area contributed by atoms with E-state index in [2.05, 4.69) is 10.4 Å². The number of carbonyl (C=O) groups excluding carboxylic acids is 1. The average molecular weight is 331 g/mol. The average Bonchev–Trinajstić information content (AvgIpc) is 2.93. The van der Waals surface area contributed by atoms with Gasteiger partial charge in [-0.15, -0.1) is 0 Å². The summed E-state index contributed by atoms with van der Waals surface area (Å²) in [6.45, 7) is 1.75. The highest BCUT2D eigenvalue weighted by atomic mass is 19.1. The van der Waals surface area contributed by atoms with Gasteiger partial charge in [0.2, 0.25) is 5.91 Å². The lowest BCUT2D eigenvalue weighted by molar-refractivity contribution is -0.131. The molecule has 24 heavy (non-hydrogen) atoms. The molecule has 1 aromatic carbocycles. The van der Waals surface area contributed by atoms with E-state index < -0.39 is 11.0 Å². The number of nitrogens with one attached hydrogen (secondary N) is 1. The number of halogens is 1. The molecule has 1 aliphatic carbocycles. The zero-order valence-electron chi connectivity index (χ0n) is 13.9. The Balaban J connectivity index is 1.72. The second kappa shape index (κ2) is 6.02. The second-order valence-corrected chi connectivity index (χ2v) is 6.80. The van der Waals surface area contributed by atoms with Crippen LogP contribution in [0, 0.1) is 5.82 Å². The van der Waals surface area contributed by atoms with Crippen LogP contribution in [0.4, 0.5) is 4.39 Å². The maximum atomic E-state index is 13.2. The summed E-state index contributed by atoms with van der Waals surface area (Å²) in [6, 6.07) is 6.11. The van der Waals surface area contributed by atoms with Crippen LogP contribution in [-0.2, 0) is 22.9 Å². The highest BCUT2D eigenvalue weighted by Gasteiger charge is 2.46. The minimum absolute atomic E-state index is 0.0977. The topological polar surface area (TPSA) is 67.2 Å². The predicted molar refractivity (Wildman–Crippen MR) is 87.7 cm³/mol. The van der Waals surface area contributed by atoms with Crippen LogP contribution in [0.2, 0.25) is 0 Å². The molecule has 2 N–H and O–H groups in total. The fourth-order valence-corrected chi connectivity index (χ4v) is 3.17. The molecule has 0 bridgehead atoms. The van der Waals surface area contributed by atoms with E-state index in [0.717, 1.165) is 24.8 Å². The lowest BCUT2D eigenvalue weighted by Crippen LogP contribution is -2.52. The Hall–Kier alpha value is -2.21. The smallest absolute Gasteiger partial charge is 0.230 e. The quantitative estimate of drug-likeness (QED) is 0.881. The largest absolute Gasteiger partial charge is 0.383 e. The van der Waals surface area contributed by atoms with Crippen molar-refractivity contribution in [2.24, 2.45) is 7.05 Å². The Morgan fingerprint density at radius 1 is 1.42 bits per heavy atom. The summed E-state index contributed by atoms with van der Waals surface area (Å²) in [5.41, 5.74) is -0.334. The minimum Gasteiger partial charge on any atom is -0.383 e. The third-order valence-electron chi connectivity index (χ3n) is 4.96. The van der Waals surface area contributed by atoms with Crippen LogP contribution >= 0.6 is 0 Å². The number of aliphatic hydroxyl groups is 1. The van der Waals surface area contributed by atoms with Crippen molar-refractivity contribution >= 4 is 5.91 Å². The first-order chi connectivity index (χ1) is 11.3. The summed E-state index contributed by atoms with van der Waals surface area (Å²) in [5.74, 6) is -0.433. The Morgan fingerprint density at radius 3 is 2.58 bits per heavy atom. The Labute approximate surface area is 140 Å². The van der Waals surface area contributed by atoms with Crippen molar-refractivity contribution in [3.8, 4) is 0 Å². The Bertz CT molecular complexity index is 733. The van der Waals surface area contributed by atoms with Crippen molar-refractivity contribution in [3.63, 3.8) is 0 Å². The molecule has 1 atom stereocenters. The summed E-state index contributed by atoms with van der Waals surface area (Å²) in [7, 11) is 1.77. The normalized spacial score (nSPS) is 18.5. The van der Waals surface area contributed by atoms with Crippen LogP contribution in [0.15, 0.2) is 36.7 Å². The van der Waals surface area contributed by atoms with E-state index in [9.17, 15) is 14.3 Å². The zero-order chi connectivity index (χ0) is 17.4. The second-order valence-electron chi connectivity index (χ2n) is 6.80. The van der Waals surface area contributed by atoms with Crippen molar-refractivity contribution in [1.29, 1.82) is 0 Å². The number of rotatable bonds is 5. The maximum absolute atomic E-state index is 13.2. The fourth-order valence-electron chi connectivity index (χ4n) is 3.17. The van der Waals surface area contributed by atoms with Crippen molar-refractivity contribution in [1.82, 2.24) is 15.1 Å². The first-order valence-corrected chi connectivity index (χ1v) is 8.09. The van der Waals surface area contributed by atoms with Gasteiger partial charge in [0, 0.05) is 18.8 Å². The van der Waals surface area contributed by atoms with E-state index in [1.165, 1.54) is 12.1 Å². The van der Waals surface area contributed by atoms with E-state index in [4.69, 9.17) is 0 Å². The van der Waals surface area contributed by atoms with Gasteiger partial charge in [-0.2, -0.15) is 5.10 Å². The number of aromatic nitrogens is 2. The molecule has 1 saturated carbocycles. The first-order valence-electron chi connectivity index (χ1n) is 8.09. The molecule has 1 fully saturated rings. The summed E-state index contributed by atoms with van der Waals surface area (Å²) < 4.78 is 14.8. The minimum atomic E-state index is -1.20. The Morgan fingerprint density at radius 2 is 2.08 bits per heavy atom. The summed E-state index contributed by atoms with van der Waals surface area (Å²) in [4.78, 5) is 12.8. The third-order valence-corrected chi connectivity index (χ3v) is 4.96. The number of aryl methyl sites for hydroxylation is 1. The van der Waals surface area contributed by atoms with E-state index in [1.54, 1.807) is 43.2 Å². The van der Waals surface area contributed by atoms with Crippen LogP contribution in [0.25, 0.3) is 0 Å². The van der Waals surface area contributed by atoms with Crippen molar-refractivity contribution in [3.05, 3.63) is 53.6 Å². The molecule has 128 valence electrons. The van der Waals surface area contributed by atoms with Crippen LogP contribution < -0.4 is 5.32 Å². The zero-order valence-corrected chi connectivity index (χ0v) is 13.9. The van der Waals surface area contributed by atoms with E-state index in [0.29, 0.717) is 5.56 Å². The molecule has 0 spiro atoms. The van der Waals surface area contributed by atoms with E-state index >= 15 is 0 Å². The molecular weight excluding hydrogens is 309 g/mol. The van der Waals surface area contributed by atoms with Gasteiger partial charge in [-0.25, -0.2) is 4.39 Å². The number of carbonyl (C=O) groups is 1. The van der Waals surface area contributed by atoms with Gasteiger partial charge in [0.15, 0.2) is 0 Å². The highest BCUT2D eigenvalue weighted by Crippen LogP contribution is 2.44. The summed E-state index contributed by atoms with van der Waals surface area (Å²) in [6.07, 6.45) is 5.75. The molecule has 1 aliphatic rings. The van der Waals surface area contributed by atoms with Gasteiger partial charge in [0.05, 0.1) is 18.2 Å². The molecule has 1 amide bonds. The predicted octanol–water partition coefficient (Wildman–Crippen LogP) is 2.00. The highest BCUT2D eigenvalue weighted by molar-refractivity contribution is 5.89. The molecule has 1 aromatic heterocycles. The number of amides is 1. The summed E-state index contributed by atoms with van der Waals surface area (Å²) >= 11 is 0. The monoisotopic (exact) mass is 331 g/mol. The molecule has 1 heterocycles. The van der Waals surface area contributed by atoms with Crippen molar-refractivity contribution < 1.29 is 14.3 Å². The molecule has 0 saturated heterocycles. The van der Waals surface area contributed by atoms with Gasteiger partial charge in [-0.1, -0.05) is 18.6 Å². The van der Waals surface area contributed by atoms with Crippen LogP contribution in [-0.4, -0.2) is 27.3 Å². The van der Waals surface area contributed by atoms with Gasteiger partial charge in [0.1, 0.15) is 11.4 Å². The third kappa shape index (κ3) is 2.94. The molecule has 5 nitrogen and oxygen atoms in total. The lowest BCUT2D eigenvalue weighted by atomic mass is 9.63. The van der Waals surface area contributed by atoms with Gasteiger partial charge in [0.25, 0.3) is 0 Å². The van der Waals surface area contributed by atoms with Crippen molar-refractivity contribution in [2.45, 2.75) is 37.2 Å². The first kappa shape index (κ1) is 16.6. The molecule has 1 unspecified atom stereocenters. The van der Waals surface area contributed by atoms with E-state index in [1.807, 2.05) is 0 Å². The summed E-state index contributed by atoms with van der Waals surface area (Å²) in [5, 5.41) is 17.5. The number of nitrogens with zero attached hydrogens (tertiary/aromatic N) is 2. The van der Waals surface area contributed by atoms with Crippen LogP contribution in [0.3, 0.4) is 0 Å². The van der Waals surface area contributed by atoms with E-state index in [-0.39, 0.29) is 18.3 Å². The molecule has 0 aliphatic heterocycles. The van der Waals surface area contributed by atoms with Crippen LogP contribution in [0.5, 0.6) is 0 Å². The van der Waals surface area contributed by atoms with Crippen LogP contribution in [0.1, 0.15) is 37.3 Å². The molecule has 2 aromatic rings. The van der Waals surface area contributed by atoms with Gasteiger partial charge in [-0.05, 0) is 37.5 Å². The number of hydrogen-bond acceptors (Lipinski definition) is 3. The SMILES string of the molecule is Cn1cc(C(C)(O)CNC(=O)C2(c3ccc(F)cc3)CCC2)cn1. The maximum Gasteiger partial charge on any atom is 0.230 e. The fraction of sp³-hybridized carbons (Fsp3) is 0.444. The number of hydrogen-bond donors (Lipinski definition) is 2. The molecular formula is C18H22FN3O2. The standard InChI is InChI=1S/C18H22FN3O2/c1-17(24,14-10-21-22(2)11-14)12-20-16(23)18(8-3-9-18)13-4-6-15(19)7-5-13/h4-7,10-11,24H,3,8-9,12H2,1-2H3,(H,20,23). The molecule has 6 heteroatoms. The Kier molecular flexibility index (Phi) is 4.17. The molecule has 0 radical (unpaired) electrons. The molecule has 3 rings (SSSR count).